The fourth-order valence-electron chi connectivity index (χ4n) is 2.25. The van der Waals surface area contributed by atoms with Gasteiger partial charge in [0.05, 0.1) is 17.2 Å². The van der Waals surface area contributed by atoms with Gasteiger partial charge in [-0.2, -0.15) is 26.3 Å². The molecule has 0 spiro atoms. The highest BCUT2D eigenvalue weighted by molar-refractivity contribution is 6.00. The SMILES string of the molecule is O=C1CCC(NCc2cc(C(F)(F)F)cc(C(F)(F)F)c2)C(=O)N1. The van der Waals surface area contributed by atoms with Crippen molar-refractivity contribution in [2.45, 2.75) is 37.8 Å². The molecule has 1 unspecified atom stereocenters. The normalized spacial score (nSPS) is 19.3. The molecule has 1 aromatic rings. The Hall–Kier alpha value is -2.10. The number of amides is 2. The molecule has 1 aliphatic heterocycles. The van der Waals surface area contributed by atoms with Gasteiger partial charge in [-0.1, -0.05) is 0 Å². The number of piperidine rings is 1. The van der Waals surface area contributed by atoms with Crippen molar-refractivity contribution >= 4 is 11.8 Å². The van der Waals surface area contributed by atoms with E-state index in [0.29, 0.717) is 12.1 Å². The first-order valence-electron chi connectivity index (χ1n) is 6.82. The van der Waals surface area contributed by atoms with E-state index >= 15 is 0 Å². The fourth-order valence-corrected chi connectivity index (χ4v) is 2.25. The number of benzene rings is 1. The number of alkyl halides is 6. The summed E-state index contributed by atoms with van der Waals surface area (Å²) in [6.45, 7) is -0.376. The largest absolute Gasteiger partial charge is 0.416 e. The van der Waals surface area contributed by atoms with Gasteiger partial charge in [0, 0.05) is 13.0 Å². The number of imide groups is 1. The summed E-state index contributed by atoms with van der Waals surface area (Å²) in [6, 6.07) is 0.365. The van der Waals surface area contributed by atoms with Crippen LogP contribution in [0.1, 0.15) is 29.5 Å². The van der Waals surface area contributed by atoms with Gasteiger partial charge in [-0.05, 0) is 30.2 Å². The zero-order chi connectivity index (χ0) is 18.1. The molecule has 24 heavy (non-hydrogen) atoms. The van der Waals surface area contributed by atoms with Gasteiger partial charge in [-0.3, -0.25) is 14.9 Å². The van der Waals surface area contributed by atoms with E-state index in [0.717, 1.165) is 0 Å². The second kappa shape index (κ2) is 6.42. The molecule has 10 heteroatoms. The van der Waals surface area contributed by atoms with E-state index in [4.69, 9.17) is 0 Å². The molecule has 1 aliphatic rings. The summed E-state index contributed by atoms with van der Waals surface area (Å²) >= 11 is 0. The number of halogens is 6. The molecular weight excluding hydrogens is 342 g/mol. The smallest absolute Gasteiger partial charge is 0.302 e. The second-order valence-corrected chi connectivity index (χ2v) is 5.30. The lowest BCUT2D eigenvalue weighted by Gasteiger charge is -2.22. The van der Waals surface area contributed by atoms with Crippen LogP contribution < -0.4 is 10.6 Å². The third-order valence-corrected chi connectivity index (χ3v) is 3.44. The summed E-state index contributed by atoms with van der Waals surface area (Å²) in [5.41, 5.74) is -3.10. The molecule has 132 valence electrons. The molecule has 0 aromatic heterocycles. The monoisotopic (exact) mass is 354 g/mol. The van der Waals surface area contributed by atoms with Crippen LogP contribution >= 0.6 is 0 Å². The van der Waals surface area contributed by atoms with E-state index in [1.54, 1.807) is 0 Å². The highest BCUT2D eigenvalue weighted by Gasteiger charge is 2.37. The van der Waals surface area contributed by atoms with Crippen LogP contribution in [0.4, 0.5) is 26.3 Å². The number of carbonyl (C=O) groups is 2. The summed E-state index contributed by atoms with van der Waals surface area (Å²) in [5, 5.41) is 4.60. The number of hydrogen-bond acceptors (Lipinski definition) is 3. The van der Waals surface area contributed by atoms with Crippen molar-refractivity contribution in [3.05, 3.63) is 34.9 Å². The first-order chi connectivity index (χ1) is 11.0. The van der Waals surface area contributed by atoms with E-state index in [1.165, 1.54) is 0 Å². The Morgan fingerprint density at radius 1 is 1.00 bits per heavy atom. The highest BCUT2D eigenvalue weighted by atomic mass is 19.4. The molecule has 0 aliphatic carbocycles. The Balaban J connectivity index is 2.20. The van der Waals surface area contributed by atoms with Crippen molar-refractivity contribution in [2.75, 3.05) is 0 Å². The van der Waals surface area contributed by atoms with Crippen LogP contribution in [0.5, 0.6) is 0 Å². The zero-order valence-corrected chi connectivity index (χ0v) is 12.0. The van der Waals surface area contributed by atoms with Gasteiger partial charge in [0.25, 0.3) is 0 Å². The number of carbonyl (C=O) groups excluding carboxylic acids is 2. The van der Waals surface area contributed by atoms with Gasteiger partial charge < -0.3 is 5.32 Å². The van der Waals surface area contributed by atoms with E-state index in [9.17, 15) is 35.9 Å². The molecule has 4 nitrogen and oxygen atoms in total. The van der Waals surface area contributed by atoms with Crippen LogP contribution in [0.2, 0.25) is 0 Å². The maximum atomic E-state index is 12.7. The Bertz CT molecular complexity index is 621. The van der Waals surface area contributed by atoms with E-state index in [2.05, 4.69) is 5.32 Å². The van der Waals surface area contributed by atoms with Crippen LogP contribution in [0, 0.1) is 0 Å². The fraction of sp³-hybridized carbons (Fsp3) is 0.429. The Morgan fingerprint density at radius 3 is 2.00 bits per heavy atom. The number of nitrogens with one attached hydrogen (secondary N) is 2. The topological polar surface area (TPSA) is 58.2 Å². The first kappa shape index (κ1) is 18.2. The predicted octanol–water partition coefficient (Wildman–Crippen LogP) is 2.62. The lowest BCUT2D eigenvalue weighted by molar-refractivity contribution is -0.143. The van der Waals surface area contributed by atoms with Gasteiger partial charge in [0.2, 0.25) is 11.8 Å². The van der Waals surface area contributed by atoms with Gasteiger partial charge >= 0.3 is 12.4 Å². The molecule has 1 heterocycles. The molecule has 1 fully saturated rings. The minimum atomic E-state index is -4.93. The summed E-state index contributed by atoms with van der Waals surface area (Å²) in [7, 11) is 0. The first-order valence-corrected chi connectivity index (χ1v) is 6.82. The van der Waals surface area contributed by atoms with Crippen LogP contribution in [0.3, 0.4) is 0 Å². The molecule has 0 saturated carbocycles. The quantitative estimate of drug-likeness (QED) is 0.648. The molecule has 0 radical (unpaired) electrons. The zero-order valence-electron chi connectivity index (χ0n) is 12.0. The third-order valence-electron chi connectivity index (χ3n) is 3.44. The Kier molecular flexibility index (Phi) is 4.88. The summed E-state index contributed by atoms with van der Waals surface area (Å²) < 4.78 is 76.5. The van der Waals surface area contributed by atoms with Gasteiger partial charge in [-0.15, -0.1) is 0 Å². The standard InChI is InChI=1S/C14H12F6N2O2/c15-13(16,17)8-3-7(4-9(5-8)14(18,19)20)6-21-10-1-2-11(23)22-12(10)24/h3-5,10,21H,1-2,6H2,(H,22,23,24). The summed E-state index contributed by atoms with van der Waals surface area (Å²) in [5.74, 6) is -1.13. The van der Waals surface area contributed by atoms with Crippen LogP contribution in [-0.2, 0) is 28.5 Å². The van der Waals surface area contributed by atoms with Gasteiger partial charge in [0.15, 0.2) is 0 Å². The van der Waals surface area contributed by atoms with Crippen molar-refractivity contribution in [3.8, 4) is 0 Å². The summed E-state index contributed by atoms with van der Waals surface area (Å²) in [6.07, 6.45) is -9.69. The lowest BCUT2D eigenvalue weighted by Crippen LogP contribution is -2.50. The summed E-state index contributed by atoms with van der Waals surface area (Å²) in [4.78, 5) is 22.5. The third kappa shape index (κ3) is 4.47. The molecule has 1 aromatic carbocycles. The Morgan fingerprint density at radius 2 is 1.54 bits per heavy atom. The molecule has 1 saturated heterocycles. The van der Waals surface area contributed by atoms with E-state index in [1.807, 2.05) is 5.32 Å². The molecule has 2 amide bonds. The van der Waals surface area contributed by atoms with Crippen molar-refractivity contribution in [1.29, 1.82) is 0 Å². The number of rotatable bonds is 3. The molecular formula is C14H12F6N2O2. The van der Waals surface area contributed by atoms with E-state index < -0.39 is 41.3 Å². The van der Waals surface area contributed by atoms with Crippen LogP contribution in [0.15, 0.2) is 18.2 Å². The van der Waals surface area contributed by atoms with Gasteiger partial charge in [-0.25, -0.2) is 0 Å². The Labute approximate surface area is 132 Å². The van der Waals surface area contributed by atoms with Gasteiger partial charge in [0.1, 0.15) is 0 Å². The van der Waals surface area contributed by atoms with Crippen LogP contribution in [0.25, 0.3) is 0 Å². The average molecular weight is 354 g/mol. The van der Waals surface area contributed by atoms with Crippen LogP contribution in [-0.4, -0.2) is 17.9 Å². The van der Waals surface area contributed by atoms with Crippen molar-refractivity contribution in [1.82, 2.24) is 10.6 Å². The molecule has 2 N–H and O–H groups in total. The second-order valence-electron chi connectivity index (χ2n) is 5.30. The average Bonchev–Trinajstić information content (AvgIpc) is 2.44. The maximum absolute atomic E-state index is 12.7. The van der Waals surface area contributed by atoms with Crippen molar-refractivity contribution in [2.24, 2.45) is 0 Å². The predicted molar refractivity (Wildman–Crippen MR) is 69.5 cm³/mol. The minimum absolute atomic E-state index is 0.0372. The molecule has 1 atom stereocenters. The molecule has 2 rings (SSSR count). The lowest BCUT2D eigenvalue weighted by atomic mass is 10.0. The van der Waals surface area contributed by atoms with Crippen molar-refractivity contribution in [3.63, 3.8) is 0 Å². The van der Waals surface area contributed by atoms with E-state index in [-0.39, 0.29) is 31.0 Å². The highest BCUT2D eigenvalue weighted by Crippen LogP contribution is 2.36. The number of hydrogen-bond donors (Lipinski definition) is 2. The minimum Gasteiger partial charge on any atom is -0.302 e. The maximum Gasteiger partial charge on any atom is 0.416 e. The molecule has 0 bridgehead atoms. The van der Waals surface area contributed by atoms with Crippen molar-refractivity contribution < 1.29 is 35.9 Å².